The third-order valence-electron chi connectivity index (χ3n) is 5.53. The lowest BCUT2D eigenvalue weighted by atomic mass is 10.1. The van der Waals surface area contributed by atoms with Crippen LogP contribution >= 0.6 is 11.3 Å². The van der Waals surface area contributed by atoms with Crippen molar-refractivity contribution in [2.45, 2.75) is 70.1 Å². The van der Waals surface area contributed by atoms with Crippen LogP contribution in [0.4, 0.5) is 4.79 Å². The Balaban J connectivity index is 1.81. The molecule has 206 valence electrons. The number of aromatic nitrogens is 1. The first kappa shape index (κ1) is 29.5. The van der Waals surface area contributed by atoms with Gasteiger partial charge in [-0.15, -0.1) is 11.3 Å². The van der Waals surface area contributed by atoms with Crippen LogP contribution in [0.3, 0.4) is 0 Å². The Hall–Kier alpha value is -3.02. The molecule has 0 bridgehead atoms. The van der Waals surface area contributed by atoms with Crippen molar-refractivity contribution in [3.8, 4) is 0 Å². The van der Waals surface area contributed by atoms with Gasteiger partial charge in [-0.1, -0.05) is 55.8 Å². The van der Waals surface area contributed by atoms with E-state index in [0.29, 0.717) is 23.4 Å². The molecule has 1 heterocycles. The Morgan fingerprint density at radius 3 is 2.34 bits per heavy atom. The van der Waals surface area contributed by atoms with Gasteiger partial charge in [0.15, 0.2) is 9.84 Å². The van der Waals surface area contributed by atoms with E-state index < -0.39 is 51.4 Å². The van der Waals surface area contributed by atoms with Crippen LogP contribution in [0, 0.1) is 0 Å². The zero-order valence-corrected chi connectivity index (χ0v) is 23.6. The summed E-state index contributed by atoms with van der Waals surface area (Å²) in [6, 6.07) is 13.9. The number of alkyl carbamates (subject to hydrolysis) is 1. The molecule has 0 fully saturated rings. The first-order valence-electron chi connectivity index (χ1n) is 12.4. The summed E-state index contributed by atoms with van der Waals surface area (Å²) in [5.74, 6) is -1.66. The Bertz CT molecular complexity index is 1300. The largest absolute Gasteiger partial charge is 0.444 e. The average molecular weight is 562 g/mol. The maximum atomic E-state index is 13.4. The molecule has 3 aromatic rings. The van der Waals surface area contributed by atoms with Gasteiger partial charge in [-0.05, 0) is 44.9 Å². The fourth-order valence-electron chi connectivity index (χ4n) is 3.87. The van der Waals surface area contributed by atoms with Crippen LogP contribution in [0.5, 0.6) is 0 Å². The first-order valence-corrected chi connectivity index (χ1v) is 15.1. The highest BCUT2D eigenvalue weighted by molar-refractivity contribution is 7.90. The van der Waals surface area contributed by atoms with Crippen LogP contribution in [-0.4, -0.2) is 53.9 Å². The van der Waals surface area contributed by atoms with Crippen LogP contribution in [0.15, 0.2) is 54.6 Å². The van der Waals surface area contributed by atoms with E-state index in [4.69, 9.17) is 4.74 Å². The average Bonchev–Trinajstić information content (AvgIpc) is 3.26. The second-order valence-corrected chi connectivity index (χ2v) is 13.3. The summed E-state index contributed by atoms with van der Waals surface area (Å²) < 4.78 is 32.2. The zero-order chi connectivity index (χ0) is 27.9. The van der Waals surface area contributed by atoms with Crippen molar-refractivity contribution in [1.29, 1.82) is 0 Å². The third-order valence-corrected chi connectivity index (χ3v) is 8.25. The van der Waals surface area contributed by atoms with E-state index in [2.05, 4.69) is 15.6 Å². The van der Waals surface area contributed by atoms with Crippen LogP contribution < -0.4 is 10.6 Å². The van der Waals surface area contributed by atoms with Gasteiger partial charge in [-0.25, -0.2) is 18.2 Å². The molecule has 0 saturated carbocycles. The summed E-state index contributed by atoms with van der Waals surface area (Å²) >= 11 is 1.33. The summed E-state index contributed by atoms with van der Waals surface area (Å²) in [5, 5.41) is 16.7. The molecule has 0 radical (unpaired) electrons. The van der Waals surface area contributed by atoms with E-state index in [-0.39, 0.29) is 5.75 Å². The number of aliphatic hydroxyl groups excluding tert-OH is 1. The maximum Gasteiger partial charge on any atom is 0.408 e. The van der Waals surface area contributed by atoms with Crippen LogP contribution in [0.1, 0.15) is 57.2 Å². The number of rotatable bonds is 11. The number of hydrogen-bond acceptors (Lipinski definition) is 8. The summed E-state index contributed by atoms with van der Waals surface area (Å²) in [4.78, 5) is 30.4. The highest BCUT2D eigenvalue weighted by Gasteiger charge is 2.33. The van der Waals surface area contributed by atoms with E-state index >= 15 is 0 Å². The SMILES string of the molecule is CCCC(NC(=O)[C@H](CS(=O)(=O)Cc1ccccc1)NC(=O)OC(C)(C)C)C(O)c1nc2ccccc2s1. The molecular weight excluding hydrogens is 526 g/mol. The number of hydrogen-bond donors (Lipinski definition) is 3. The number of nitrogens with one attached hydrogen (secondary N) is 2. The van der Waals surface area contributed by atoms with E-state index in [1.54, 1.807) is 51.1 Å². The highest BCUT2D eigenvalue weighted by Crippen LogP contribution is 2.29. The van der Waals surface area contributed by atoms with Gasteiger partial charge in [0, 0.05) is 0 Å². The molecule has 11 heteroatoms. The Morgan fingerprint density at radius 2 is 1.71 bits per heavy atom. The highest BCUT2D eigenvalue weighted by atomic mass is 32.2. The van der Waals surface area contributed by atoms with Gasteiger partial charge in [-0.2, -0.15) is 0 Å². The molecule has 2 unspecified atom stereocenters. The number of sulfone groups is 1. The lowest BCUT2D eigenvalue weighted by Crippen LogP contribution is -2.54. The fourth-order valence-corrected chi connectivity index (χ4v) is 6.45. The minimum absolute atomic E-state index is 0.291. The van der Waals surface area contributed by atoms with Gasteiger partial charge >= 0.3 is 6.09 Å². The zero-order valence-electron chi connectivity index (χ0n) is 22.0. The summed E-state index contributed by atoms with van der Waals surface area (Å²) in [6.07, 6.45) is -0.965. The Labute approximate surface area is 227 Å². The van der Waals surface area contributed by atoms with Crippen LogP contribution in [0.25, 0.3) is 10.2 Å². The molecule has 0 aliphatic heterocycles. The van der Waals surface area contributed by atoms with Crippen molar-refractivity contribution < 1.29 is 27.9 Å². The summed E-state index contributed by atoms with van der Waals surface area (Å²) in [7, 11) is -3.81. The Kier molecular flexibility index (Phi) is 9.86. The molecule has 3 N–H and O–H groups in total. The number of carbonyl (C=O) groups is 2. The number of amides is 2. The molecule has 0 aliphatic carbocycles. The van der Waals surface area contributed by atoms with Gasteiger partial charge in [0.25, 0.3) is 0 Å². The molecule has 0 saturated heterocycles. The lowest BCUT2D eigenvalue weighted by molar-refractivity contribution is -0.124. The fraction of sp³-hybridized carbons (Fsp3) is 0.444. The molecular formula is C27H35N3O6S2. The quantitative estimate of drug-likeness (QED) is 0.320. The molecule has 3 atom stereocenters. The number of fused-ring (bicyclic) bond motifs is 1. The smallest absolute Gasteiger partial charge is 0.408 e. The van der Waals surface area contributed by atoms with E-state index in [0.717, 1.165) is 10.2 Å². The van der Waals surface area contributed by atoms with Crippen molar-refractivity contribution in [1.82, 2.24) is 15.6 Å². The topological polar surface area (TPSA) is 135 Å². The number of thiazole rings is 1. The molecule has 38 heavy (non-hydrogen) atoms. The van der Waals surface area contributed by atoms with Gasteiger partial charge in [0.2, 0.25) is 5.91 Å². The number of nitrogens with zero attached hydrogens (tertiary/aromatic N) is 1. The van der Waals surface area contributed by atoms with E-state index in [1.165, 1.54) is 11.3 Å². The second-order valence-electron chi connectivity index (χ2n) is 10.1. The minimum Gasteiger partial charge on any atom is -0.444 e. The normalized spacial score (nSPS) is 14.4. The lowest BCUT2D eigenvalue weighted by Gasteiger charge is -2.27. The number of benzene rings is 2. The van der Waals surface area contributed by atoms with Crippen LogP contribution in [-0.2, 0) is 25.1 Å². The summed E-state index contributed by atoms with van der Waals surface area (Å²) in [5.41, 5.74) is 0.464. The predicted octanol–water partition coefficient (Wildman–Crippen LogP) is 4.12. The first-order chi connectivity index (χ1) is 17.9. The predicted molar refractivity (Wildman–Crippen MR) is 149 cm³/mol. The van der Waals surface area contributed by atoms with Gasteiger partial charge < -0.3 is 20.5 Å². The maximum absolute atomic E-state index is 13.4. The molecule has 9 nitrogen and oxygen atoms in total. The van der Waals surface area contributed by atoms with E-state index in [1.807, 2.05) is 31.2 Å². The molecule has 0 spiro atoms. The second kappa shape index (κ2) is 12.7. The molecule has 0 aliphatic rings. The van der Waals surface area contributed by atoms with Gasteiger partial charge in [-0.3, -0.25) is 4.79 Å². The minimum atomic E-state index is -3.81. The number of carbonyl (C=O) groups excluding carboxylic acids is 2. The van der Waals surface area contributed by atoms with Crippen molar-refractivity contribution in [2.75, 3.05) is 5.75 Å². The molecule has 1 aromatic heterocycles. The molecule has 2 aromatic carbocycles. The Morgan fingerprint density at radius 1 is 1.05 bits per heavy atom. The van der Waals surface area contributed by atoms with E-state index in [9.17, 15) is 23.1 Å². The number of ether oxygens (including phenoxy) is 1. The standard InChI is InChI=1S/C27H35N3O6S2/c1-5-11-20(23(31)25-29-19-14-9-10-15-22(19)37-25)28-24(32)21(30-26(33)36-27(2,3)4)17-38(34,35)16-18-12-7-6-8-13-18/h6-10,12-15,20-21,23,31H,5,11,16-17H2,1-4H3,(H,28,32)(H,30,33)/t20?,21-,23?/m0/s1. The van der Waals surface area contributed by atoms with Gasteiger partial charge in [0.1, 0.15) is 22.8 Å². The summed E-state index contributed by atoms with van der Waals surface area (Å²) in [6.45, 7) is 6.91. The molecule has 2 amide bonds. The van der Waals surface area contributed by atoms with Crippen molar-refractivity contribution >= 4 is 43.4 Å². The molecule has 3 rings (SSSR count). The number of para-hydroxylation sites is 1. The van der Waals surface area contributed by atoms with Crippen molar-refractivity contribution in [3.63, 3.8) is 0 Å². The van der Waals surface area contributed by atoms with Crippen molar-refractivity contribution in [3.05, 3.63) is 65.2 Å². The van der Waals surface area contributed by atoms with Gasteiger partial charge in [0.05, 0.1) is 27.8 Å². The number of aliphatic hydroxyl groups is 1. The third kappa shape index (κ3) is 8.78. The van der Waals surface area contributed by atoms with Crippen LogP contribution in [0.2, 0.25) is 0 Å². The monoisotopic (exact) mass is 561 g/mol. The van der Waals surface area contributed by atoms with Crippen molar-refractivity contribution in [2.24, 2.45) is 0 Å².